The molecule has 31 heavy (non-hydrogen) atoms. The molecule has 0 atom stereocenters. The zero-order valence-corrected chi connectivity index (χ0v) is 17.5. The zero-order valence-electron chi connectivity index (χ0n) is 17.5. The van der Waals surface area contributed by atoms with Gasteiger partial charge in [0.2, 0.25) is 0 Å². The van der Waals surface area contributed by atoms with Crippen molar-refractivity contribution in [1.82, 2.24) is 10.3 Å². The summed E-state index contributed by atoms with van der Waals surface area (Å²) < 4.78 is 5.28. The number of methoxy groups -OCH3 is 1. The van der Waals surface area contributed by atoms with Gasteiger partial charge in [0, 0.05) is 24.8 Å². The van der Waals surface area contributed by atoms with Crippen LogP contribution in [0.3, 0.4) is 0 Å². The molecule has 0 radical (unpaired) electrons. The first kappa shape index (κ1) is 21.8. The van der Waals surface area contributed by atoms with Crippen LogP contribution in [0.5, 0.6) is 5.75 Å². The van der Waals surface area contributed by atoms with Crippen LogP contribution >= 0.6 is 0 Å². The van der Waals surface area contributed by atoms with Crippen LogP contribution in [0.4, 0.5) is 5.82 Å². The number of hydrogen-bond acceptors (Lipinski definition) is 5. The minimum atomic E-state index is -0.969. The molecule has 0 fully saturated rings. The first-order valence-corrected chi connectivity index (χ1v) is 9.90. The van der Waals surface area contributed by atoms with Gasteiger partial charge in [-0.1, -0.05) is 35.9 Å². The maximum absolute atomic E-state index is 12.5. The second-order valence-corrected chi connectivity index (χ2v) is 7.09. The van der Waals surface area contributed by atoms with Crippen LogP contribution in [0.25, 0.3) is 11.1 Å². The molecule has 0 aliphatic rings. The number of aliphatic carboxylic acids is 1. The Morgan fingerprint density at radius 2 is 1.87 bits per heavy atom. The minimum Gasteiger partial charge on any atom is -0.496 e. The Kier molecular flexibility index (Phi) is 7.22. The van der Waals surface area contributed by atoms with Gasteiger partial charge in [-0.2, -0.15) is 0 Å². The first-order chi connectivity index (χ1) is 15.0. The smallest absolute Gasteiger partial charge is 0.305 e. The van der Waals surface area contributed by atoms with Gasteiger partial charge in [-0.3, -0.25) is 9.59 Å². The number of pyridine rings is 1. The van der Waals surface area contributed by atoms with E-state index in [-0.39, 0.29) is 18.9 Å². The number of ether oxygens (including phenoxy) is 1. The van der Waals surface area contributed by atoms with Crippen LogP contribution in [0.2, 0.25) is 0 Å². The SMILES string of the molecule is COc1ccc(-c2ccc(NCc3cccc(C)c3)nc2)cc1C(=O)NCCC(=O)O. The maximum atomic E-state index is 12.5. The Bertz CT molecular complexity index is 1060. The molecule has 0 bridgehead atoms. The molecule has 0 unspecified atom stereocenters. The highest BCUT2D eigenvalue weighted by atomic mass is 16.5. The molecule has 1 amide bonds. The molecule has 3 aromatic rings. The fourth-order valence-electron chi connectivity index (χ4n) is 3.13. The summed E-state index contributed by atoms with van der Waals surface area (Å²) in [6, 6.07) is 17.4. The number of carbonyl (C=O) groups is 2. The van der Waals surface area contributed by atoms with Gasteiger partial charge in [0.05, 0.1) is 19.1 Å². The molecular formula is C24H25N3O4. The van der Waals surface area contributed by atoms with E-state index in [1.54, 1.807) is 18.3 Å². The van der Waals surface area contributed by atoms with E-state index < -0.39 is 5.97 Å². The second-order valence-electron chi connectivity index (χ2n) is 7.09. The third kappa shape index (κ3) is 6.05. The number of hydrogen-bond donors (Lipinski definition) is 3. The van der Waals surface area contributed by atoms with Crippen molar-refractivity contribution in [2.45, 2.75) is 19.9 Å². The number of anilines is 1. The highest BCUT2D eigenvalue weighted by Crippen LogP contribution is 2.27. The molecule has 3 N–H and O–H groups in total. The van der Waals surface area contributed by atoms with E-state index in [1.807, 2.05) is 24.3 Å². The van der Waals surface area contributed by atoms with Crippen molar-refractivity contribution in [1.29, 1.82) is 0 Å². The Labute approximate surface area is 181 Å². The number of amides is 1. The number of aromatic nitrogens is 1. The van der Waals surface area contributed by atoms with Gasteiger partial charge in [-0.15, -0.1) is 0 Å². The molecule has 0 spiro atoms. The predicted molar refractivity (Wildman–Crippen MR) is 119 cm³/mol. The maximum Gasteiger partial charge on any atom is 0.305 e. The van der Waals surface area contributed by atoms with Crippen molar-refractivity contribution in [2.75, 3.05) is 19.0 Å². The summed E-state index contributed by atoms with van der Waals surface area (Å²) in [5, 5.41) is 14.6. The van der Waals surface area contributed by atoms with Crippen LogP contribution in [0, 0.1) is 6.92 Å². The lowest BCUT2D eigenvalue weighted by molar-refractivity contribution is -0.136. The van der Waals surface area contributed by atoms with Crippen molar-refractivity contribution in [3.63, 3.8) is 0 Å². The lowest BCUT2D eigenvalue weighted by Gasteiger charge is -2.12. The highest BCUT2D eigenvalue weighted by Gasteiger charge is 2.14. The lowest BCUT2D eigenvalue weighted by Crippen LogP contribution is -2.26. The van der Waals surface area contributed by atoms with Crippen LogP contribution in [0.1, 0.15) is 27.9 Å². The van der Waals surface area contributed by atoms with Gasteiger partial charge in [0.15, 0.2) is 0 Å². The van der Waals surface area contributed by atoms with E-state index in [1.165, 1.54) is 18.2 Å². The molecule has 3 rings (SSSR count). The van der Waals surface area contributed by atoms with Crippen molar-refractivity contribution in [3.05, 3.63) is 77.5 Å². The summed E-state index contributed by atoms with van der Waals surface area (Å²) in [4.78, 5) is 27.6. The van der Waals surface area contributed by atoms with Crippen molar-refractivity contribution in [3.8, 4) is 16.9 Å². The van der Waals surface area contributed by atoms with E-state index in [4.69, 9.17) is 9.84 Å². The van der Waals surface area contributed by atoms with Crippen LogP contribution < -0.4 is 15.4 Å². The molecule has 0 aliphatic carbocycles. The van der Waals surface area contributed by atoms with Crippen LogP contribution in [-0.4, -0.2) is 35.6 Å². The fraction of sp³-hybridized carbons (Fsp3) is 0.208. The fourth-order valence-corrected chi connectivity index (χ4v) is 3.13. The van der Waals surface area contributed by atoms with Crippen LogP contribution in [0.15, 0.2) is 60.8 Å². The van der Waals surface area contributed by atoms with Gasteiger partial charge in [-0.25, -0.2) is 4.98 Å². The first-order valence-electron chi connectivity index (χ1n) is 9.90. The van der Waals surface area contributed by atoms with Gasteiger partial charge in [0.1, 0.15) is 11.6 Å². The van der Waals surface area contributed by atoms with Crippen LogP contribution in [-0.2, 0) is 11.3 Å². The predicted octanol–water partition coefficient (Wildman–Crippen LogP) is 3.88. The zero-order chi connectivity index (χ0) is 22.2. The lowest BCUT2D eigenvalue weighted by atomic mass is 10.0. The minimum absolute atomic E-state index is 0.0460. The van der Waals surface area contributed by atoms with Gasteiger partial charge >= 0.3 is 5.97 Å². The Balaban J connectivity index is 1.71. The van der Waals surface area contributed by atoms with E-state index in [0.717, 1.165) is 16.9 Å². The molecule has 0 saturated heterocycles. The monoisotopic (exact) mass is 419 g/mol. The van der Waals surface area contributed by atoms with Gasteiger partial charge in [-0.05, 0) is 42.3 Å². The van der Waals surface area contributed by atoms with E-state index in [0.29, 0.717) is 17.9 Å². The number of carbonyl (C=O) groups excluding carboxylic acids is 1. The Hall–Kier alpha value is -3.87. The normalized spacial score (nSPS) is 10.4. The molecule has 160 valence electrons. The third-order valence-corrected chi connectivity index (χ3v) is 4.72. The molecule has 2 aromatic carbocycles. The van der Waals surface area contributed by atoms with E-state index in [2.05, 4.69) is 40.7 Å². The second kappa shape index (κ2) is 10.2. The number of benzene rings is 2. The number of carboxylic acid groups (broad SMARTS) is 1. The Morgan fingerprint density at radius 3 is 2.55 bits per heavy atom. The summed E-state index contributed by atoms with van der Waals surface area (Å²) in [7, 11) is 1.49. The Morgan fingerprint density at radius 1 is 1.06 bits per heavy atom. The van der Waals surface area contributed by atoms with Crippen molar-refractivity contribution < 1.29 is 19.4 Å². The van der Waals surface area contributed by atoms with E-state index in [9.17, 15) is 9.59 Å². The average molecular weight is 419 g/mol. The number of nitrogens with one attached hydrogen (secondary N) is 2. The molecule has 0 aliphatic heterocycles. The standard InChI is InChI=1S/C24H25N3O4/c1-16-4-3-5-17(12-16)14-26-22-9-7-19(15-27-22)18-6-8-21(31-2)20(13-18)24(30)25-11-10-23(28)29/h3-9,12-13,15H,10-11,14H2,1-2H3,(H,25,30)(H,26,27)(H,28,29). The topological polar surface area (TPSA) is 101 Å². The molecule has 1 aromatic heterocycles. The number of nitrogens with zero attached hydrogens (tertiary/aromatic N) is 1. The number of rotatable bonds is 9. The quantitative estimate of drug-likeness (QED) is 0.487. The third-order valence-electron chi connectivity index (χ3n) is 4.72. The summed E-state index contributed by atoms with van der Waals surface area (Å²) in [6.45, 7) is 2.79. The summed E-state index contributed by atoms with van der Waals surface area (Å²) in [6.07, 6.45) is 1.60. The number of aryl methyl sites for hydroxylation is 1. The molecule has 7 nitrogen and oxygen atoms in total. The van der Waals surface area contributed by atoms with Gasteiger partial charge in [0.25, 0.3) is 5.91 Å². The molecular weight excluding hydrogens is 394 g/mol. The number of carboxylic acids is 1. The van der Waals surface area contributed by atoms with Crippen molar-refractivity contribution in [2.24, 2.45) is 0 Å². The molecule has 7 heteroatoms. The molecule has 1 heterocycles. The summed E-state index contributed by atoms with van der Waals surface area (Å²) in [5.74, 6) is -0.182. The van der Waals surface area contributed by atoms with Crippen molar-refractivity contribution >= 4 is 17.7 Å². The van der Waals surface area contributed by atoms with E-state index >= 15 is 0 Å². The summed E-state index contributed by atoms with van der Waals surface area (Å²) >= 11 is 0. The molecule has 0 saturated carbocycles. The average Bonchev–Trinajstić information content (AvgIpc) is 2.77. The van der Waals surface area contributed by atoms with Gasteiger partial charge < -0.3 is 20.5 Å². The highest BCUT2D eigenvalue weighted by molar-refractivity contribution is 5.98. The summed E-state index contributed by atoms with van der Waals surface area (Å²) in [5.41, 5.74) is 4.39. The largest absolute Gasteiger partial charge is 0.496 e.